The van der Waals surface area contributed by atoms with Gasteiger partial charge in [-0.15, -0.1) is 22.7 Å². The van der Waals surface area contributed by atoms with Crippen molar-refractivity contribution >= 4 is 110 Å². The second-order valence-corrected chi connectivity index (χ2v) is 18.6. The molecular weight excluding hydrogens is 960 g/mol. The first-order valence-electron chi connectivity index (χ1n) is 16.6. The minimum atomic E-state index is -4.62. The zero-order valence-corrected chi connectivity index (χ0v) is 34.3. The Labute approximate surface area is 343 Å². The van der Waals surface area contributed by atoms with E-state index in [0.29, 0.717) is 44.8 Å². The summed E-state index contributed by atoms with van der Waals surface area (Å²) in [6, 6.07) is 19.8. The number of fused-ring (bicyclic) bond motifs is 2. The average Bonchev–Trinajstić information content (AvgIpc) is 3.91. The number of allylic oxidation sites excluding steroid dienone is 3. The third-order valence-corrected chi connectivity index (χ3v) is 13.3. The van der Waals surface area contributed by atoms with Crippen LogP contribution in [0.25, 0.3) is 39.8 Å². The Balaban J connectivity index is 1.51. The first-order valence-corrected chi connectivity index (χ1v) is 20.4. The van der Waals surface area contributed by atoms with E-state index in [9.17, 15) is 13.2 Å². The first kappa shape index (κ1) is 37.0. The van der Waals surface area contributed by atoms with Gasteiger partial charge in [-0.05, 0) is 154 Å². The van der Waals surface area contributed by atoms with Crippen LogP contribution < -0.4 is 0 Å². The lowest BCUT2D eigenvalue weighted by molar-refractivity contribution is -0.361. The van der Waals surface area contributed by atoms with Crippen molar-refractivity contribution in [3.63, 3.8) is 0 Å². The number of aromatic nitrogens is 3. The van der Waals surface area contributed by atoms with E-state index in [4.69, 9.17) is 0 Å². The molecule has 2 aliphatic heterocycles. The molecule has 14 heteroatoms. The van der Waals surface area contributed by atoms with E-state index in [1.54, 1.807) is 73.4 Å². The number of thiophene rings is 2. The number of halogens is 7. The molecule has 0 aliphatic carbocycles. The van der Waals surface area contributed by atoms with Crippen LogP contribution in [0, 0.1) is 12.7 Å². The first-order chi connectivity index (χ1) is 25.8. The Morgan fingerprint density at radius 1 is 0.704 bits per heavy atom. The molecule has 0 saturated heterocycles. The van der Waals surface area contributed by atoms with E-state index in [1.807, 2.05) is 38.1 Å². The second kappa shape index (κ2) is 14.3. The molecule has 6 aromatic rings. The Bertz CT molecular complexity index is 2600. The molecule has 2 aliphatic rings. The van der Waals surface area contributed by atoms with Gasteiger partial charge in [0.1, 0.15) is 0 Å². The summed E-state index contributed by atoms with van der Waals surface area (Å²) in [5.41, 5.74) is 5.15. The highest BCUT2D eigenvalue weighted by molar-refractivity contribution is 14.1. The SMILES string of the molecule is CC1=C(c2ccc(I)s2)C(/C=C/c2ccncc2)=[N+]2C1=C(c1ccc(C(F)(F)F)cc1)c1c(C)c(-c3ccc(I)s3)c(/C=C/c3ccncc3)n1[B-]2(F)F. The molecule has 5 aromatic heterocycles. The Morgan fingerprint density at radius 2 is 1.26 bits per heavy atom. The number of benzene rings is 1. The van der Waals surface area contributed by atoms with Crippen LogP contribution in [-0.2, 0) is 6.18 Å². The minimum absolute atomic E-state index is 0.262. The van der Waals surface area contributed by atoms with Gasteiger partial charge in [-0.3, -0.25) is 9.97 Å². The van der Waals surface area contributed by atoms with Gasteiger partial charge in [-0.1, -0.05) is 18.2 Å². The molecule has 0 unspecified atom stereocenters. The highest BCUT2D eigenvalue weighted by atomic mass is 127. The largest absolute Gasteiger partial charge is 0.737 e. The zero-order chi connectivity index (χ0) is 37.9. The maximum absolute atomic E-state index is 18.2. The van der Waals surface area contributed by atoms with Crippen LogP contribution in [0.15, 0.2) is 115 Å². The topological polar surface area (TPSA) is 33.7 Å². The molecule has 0 amide bonds. The normalized spacial score (nSPS) is 15.6. The molecule has 54 heavy (non-hydrogen) atoms. The highest BCUT2D eigenvalue weighted by Gasteiger charge is 2.58. The molecule has 0 bridgehead atoms. The number of hydrogen-bond acceptors (Lipinski definition) is 4. The minimum Gasteiger partial charge on any atom is -0.389 e. The van der Waals surface area contributed by atoms with E-state index in [2.05, 4.69) is 55.1 Å². The number of rotatable bonds is 7. The Hall–Kier alpha value is -4.00. The summed E-state index contributed by atoms with van der Waals surface area (Å²) < 4.78 is 82.3. The summed E-state index contributed by atoms with van der Waals surface area (Å²) in [4.78, 5) is 9.81. The van der Waals surface area contributed by atoms with Gasteiger partial charge in [0.15, 0.2) is 11.4 Å². The van der Waals surface area contributed by atoms with E-state index < -0.39 is 18.7 Å². The number of nitrogens with zero attached hydrogens (tertiary/aromatic N) is 4. The van der Waals surface area contributed by atoms with Crippen molar-refractivity contribution in [3.05, 3.63) is 165 Å². The summed E-state index contributed by atoms with van der Waals surface area (Å²) in [5, 5.41) is 0. The lowest BCUT2D eigenvalue weighted by Gasteiger charge is -2.34. The van der Waals surface area contributed by atoms with Gasteiger partial charge in [0.25, 0.3) is 0 Å². The van der Waals surface area contributed by atoms with Crippen LogP contribution in [-0.4, -0.2) is 31.6 Å². The van der Waals surface area contributed by atoms with E-state index in [0.717, 1.165) is 47.7 Å². The van der Waals surface area contributed by atoms with E-state index >= 15 is 8.63 Å². The van der Waals surface area contributed by atoms with Crippen LogP contribution >= 0.6 is 67.9 Å². The molecule has 7 heterocycles. The van der Waals surface area contributed by atoms with E-state index in [1.165, 1.54) is 34.8 Å². The average molecular weight is 986 g/mol. The Morgan fingerprint density at radius 3 is 1.80 bits per heavy atom. The second-order valence-electron chi connectivity index (χ2n) is 12.7. The van der Waals surface area contributed by atoms with Crippen molar-refractivity contribution in [1.82, 2.24) is 14.4 Å². The molecule has 0 fully saturated rings. The molecule has 0 N–H and O–H groups in total. The van der Waals surface area contributed by atoms with Gasteiger partial charge in [0.2, 0.25) is 0 Å². The van der Waals surface area contributed by atoms with Crippen molar-refractivity contribution in [3.8, 4) is 10.4 Å². The summed E-state index contributed by atoms with van der Waals surface area (Å²) in [5.74, 6) is 0. The maximum atomic E-state index is 18.2. The van der Waals surface area contributed by atoms with Gasteiger partial charge in [0.05, 0.1) is 22.5 Å². The fourth-order valence-electron chi connectivity index (χ4n) is 7.20. The van der Waals surface area contributed by atoms with Gasteiger partial charge in [-0.25, -0.2) is 0 Å². The molecule has 4 nitrogen and oxygen atoms in total. The molecule has 0 spiro atoms. The summed E-state index contributed by atoms with van der Waals surface area (Å²) >= 11 is 7.42. The molecular formula is C40H26BF5I2N4S2. The van der Waals surface area contributed by atoms with Crippen molar-refractivity contribution < 1.29 is 26.3 Å². The molecule has 0 atom stereocenters. The van der Waals surface area contributed by atoms with Crippen LogP contribution in [0.4, 0.5) is 21.8 Å². The van der Waals surface area contributed by atoms with Crippen LogP contribution in [0.3, 0.4) is 0 Å². The van der Waals surface area contributed by atoms with Crippen molar-refractivity contribution in [1.29, 1.82) is 0 Å². The fourth-order valence-corrected chi connectivity index (χ4v) is 10.7. The number of pyridine rings is 2. The molecule has 0 radical (unpaired) electrons. The number of alkyl halides is 3. The molecule has 8 rings (SSSR count). The standard InChI is InChI=1S/C40H26BF5I2N4S2/c1-23-35(31-11-13-33(47)53-31)29(9-3-25-15-19-49-20-16-25)51-38(23)37(27-5-7-28(8-6-27)40(42,43)44)39-24(2)36(32-12-14-34(48)54-32)30(52(39)41(51,45)46)10-4-26-17-21-50-22-18-26/h3-22H,1-2H3/b9-3+,10-4+. The lowest BCUT2D eigenvalue weighted by atomic mass is 9.83. The van der Waals surface area contributed by atoms with Gasteiger partial charge in [0, 0.05) is 63.1 Å². The summed E-state index contributed by atoms with van der Waals surface area (Å²) in [7, 11) is 0. The van der Waals surface area contributed by atoms with Crippen molar-refractivity contribution in [2.75, 3.05) is 0 Å². The van der Waals surface area contributed by atoms with E-state index in [-0.39, 0.29) is 11.4 Å². The Kier molecular flexibility index (Phi) is 9.76. The van der Waals surface area contributed by atoms with Gasteiger partial charge >= 0.3 is 13.1 Å². The summed E-state index contributed by atoms with van der Waals surface area (Å²) in [6.45, 7) is -0.969. The van der Waals surface area contributed by atoms with Crippen molar-refractivity contribution in [2.24, 2.45) is 0 Å². The predicted molar refractivity (Wildman–Crippen MR) is 227 cm³/mol. The zero-order valence-electron chi connectivity index (χ0n) is 28.4. The highest BCUT2D eigenvalue weighted by Crippen LogP contribution is 2.51. The van der Waals surface area contributed by atoms with Crippen LogP contribution in [0.1, 0.15) is 51.0 Å². The third kappa shape index (κ3) is 6.47. The van der Waals surface area contributed by atoms with Gasteiger partial charge < -0.3 is 17.6 Å². The monoisotopic (exact) mass is 986 g/mol. The smallest absolute Gasteiger partial charge is 0.389 e. The lowest BCUT2D eigenvalue weighted by Crippen LogP contribution is -2.51. The number of hydrogen-bond donors (Lipinski definition) is 0. The van der Waals surface area contributed by atoms with Crippen LogP contribution in [0.2, 0.25) is 0 Å². The molecule has 270 valence electrons. The van der Waals surface area contributed by atoms with Crippen molar-refractivity contribution in [2.45, 2.75) is 20.0 Å². The fraction of sp³-hybridized carbons (Fsp3) is 0.0750. The maximum Gasteiger partial charge on any atom is 0.737 e. The van der Waals surface area contributed by atoms with Crippen LogP contribution in [0.5, 0.6) is 0 Å². The predicted octanol–water partition coefficient (Wildman–Crippen LogP) is 12.4. The third-order valence-electron chi connectivity index (χ3n) is 9.49. The molecule has 1 aromatic carbocycles. The summed E-state index contributed by atoms with van der Waals surface area (Å²) in [6.07, 6.45) is 8.99. The quantitative estimate of drug-likeness (QED) is 0.0907. The molecule has 0 saturated carbocycles. The van der Waals surface area contributed by atoms with Gasteiger partial charge in [-0.2, -0.15) is 13.2 Å².